The van der Waals surface area contributed by atoms with Crippen molar-refractivity contribution in [2.45, 2.75) is 6.42 Å². The van der Waals surface area contributed by atoms with E-state index >= 15 is 0 Å². The Morgan fingerprint density at radius 2 is 2.06 bits per heavy atom. The number of benzene rings is 1. The van der Waals surface area contributed by atoms with E-state index in [1.54, 1.807) is 18.2 Å². The van der Waals surface area contributed by atoms with Crippen molar-refractivity contribution in [3.05, 3.63) is 63.6 Å². The van der Waals surface area contributed by atoms with Crippen molar-refractivity contribution >= 4 is 29.0 Å². The van der Waals surface area contributed by atoms with E-state index in [1.165, 1.54) is 6.20 Å². The highest BCUT2D eigenvalue weighted by atomic mass is 35.5. The van der Waals surface area contributed by atoms with Crippen LogP contribution in [0.3, 0.4) is 0 Å². The van der Waals surface area contributed by atoms with Crippen LogP contribution in [0.25, 0.3) is 0 Å². The highest BCUT2D eigenvalue weighted by Crippen LogP contribution is 2.26. The second-order valence-corrected chi connectivity index (χ2v) is 4.49. The highest BCUT2D eigenvalue weighted by Gasteiger charge is 2.12. The average molecular weight is 284 g/mol. The van der Waals surface area contributed by atoms with Gasteiger partial charge in [-0.05, 0) is 17.7 Å². The number of Topliss-reactive ketones (excluding diaryl/α,β-unsaturated/α-hetero) is 1. The molecule has 0 saturated heterocycles. The zero-order valence-electron chi connectivity index (χ0n) is 9.16. The molecule has 0 unspecified atom stereocenters. The van der Waals surface area contributed by atoms with Crippen LogP contribution in [0.15, 0.2) is 36.7 Å². The van der Waals surface area contributed by atoms with Crippen LogP contribution < -0.4 is 0 Å². The van der Waals surface area contributed by atoms with Gasteiger partial charge in [0, 0.05) is 18.2 Å². The first-order valence-corrected chi connectivity index (χ1v) is 5.90. The summed E-state index contributed by atoms with van der Waals surface area (Å²) in [6.45, 7) is 0. The molecule has 92 valence electrons. The van der Waals surface area contributed by atoms with E-state index in [0.717, 1.165) is 12.3 Å². The zero-order valence-corrected chi connectivity index (χ0v) is 10.7. The first-order chi connectivity index (χ1) is 8.58. The van der Waals surface area contributed by atoms with Crippen molar-refractivity contribution < 1.29 is 9.18 Å². The fraction of sp³-hybridized carbons (Fsp3) is 0.0769. The third kappa shape index (κ3) is 2.86. The molecule has 2 rings (SSSR count). The van der Waals surface area contributed by atoms with Crippen LogP contribution in [0.1, 0.15) is 15.9 Å². The molecule has 0 aliphatic rings. The Bertz CT molecular complexity index is 601. The molecule has 18 heavy (non-hydrogen) atoms. The Morgan fingerprint density at radius 1 is 1.28 bits per heavy atom. The predicted molar refractivity (Wildman–Crippen MR) is 68.7 cm³/mol. The summed E-state index contributed by atoms with van der Waals surface area (Å²) in [6.07, 6.45) is 2.43. The molecule has 0 aliphatic heterocycles. The van der Waals surface area contributed by atoms with Gasteiger partial charge in [0.15, 0.2) is 5.78 Å². The molecule has 0 spiro atoms. The highest BCUT2D eigenvalue weighted by molar-refractivity contribution is 6.42. The fourth-order valence-corrected chi connectivity index (χ4v) is 1.91. The number of nitrogens with zero attached hydrogens (tertiary/aromatic N) is 1. The van der Waals surface area contributed by atoms with Gasteiger partial charge >= 0.3 is 0 Å². The number of carbonyl (C=O) groups excluding carboxylic acids is 1. The molecule has 1 aromatic carbocycles. The second kappa shape index (κ2) is 5.46. The molecule has 0 bridgehead atoms. The minimum atomic E-state index is -0.543. The smallest absolute Gasteiger partial charge is 0.168 e. The van der Waals surface area contributed by atoms with Gasteiger partial charge in [-0.25, -0.2) is 4.39 Å². The Kier molecular flexibility index (Phi) is 3.94. The molecule has 0 fully saturated rings. The third-order valence-electron chi connectivity index (χ3n) is 2.41. The SMILES string of the molecule is O=C(Cc1cccc(Cl)c1Cl)c1cncc(F)c1. The molecule has 0 radical (unpaired) electrons. The lowest BCUT2D eigenvalue weighted by Gasteiger charge is -2.05. The lowest BCUT2D eigenvalue weighted by Crippen LogP contribution is -2.05. The average Bonchev–Trinajstić information content (AvgIpc) is 2.35. The number of carbonyl (C=O) groups is 1. The van der Waals surface area contributed by atoms with Crippen LogP contribution in [-0.4, -0.2) is 10.8 Å². The minimum absolute atomic E-state index is 0.0600. The van der Waals surface area contributed by atoms with Gasteiger partial charge in [0.1, 0.15) is 5.82 Å². The standard InChI is InChI=1S/C13H8Cl2FNO/c14-11-3-1-2-8(13(11)15)5-12(18)9-4-10(16)7-17-6-9/h1-4,6-7H,5H2. The number of halogens is 3. The first-order valence-electron chi connectivity index (χ1n) is 5.14. The topological polar surface area (TPSA) is 30.0 Å². The summed E-state index contributed by atoms with van der Waals surface area (Å²) in [4.78, 5) is 15.6. The molecule has 1 heterocycles. The lowest BCUT2D eigenvalue weighted by molar-refractivity contribution is 0.0992. The summed E-state index contributed by atoms with van der Waals surface area (Å²) in [5, 5.41) is 0.733. The Labute approximate surface area is 113 Å². The van der Waals surface area contributed by atoms with Crippen LogP contribution >= 0.6 is 23.2 Å². The number of aromatic nitrogens is 1. The van der Waals surface area contributed by atoms with Gasteiger partial charge in [0.2, 0.25) is 0 Å². The first kappa shape index (κ1) is 13.0. The lowest BCUT2D eigenvalue weighted by atomic mass is 10.0. The van der Waals surface area contributed by atoms with Crippen molar-refractivity contribution in [1.29, 1.82) is 0 Å². The minimum Gasteiger partial charge on any atom is -0.294 e. The molecule has 0 atom stereocenters. The van der Waals surface area contributed by atoms with E-state index in [1.807, 2.05) is 0 Å². The van der Waals surface area contributed by atoms with Crippen molar-refractivity contribution in [2.75, 3.05) is 0 Å². The molecule has 0 amide bonds. The van der Waals surface area contributed by atoms with E-state index in [-0.39, 0.29) is 17.8 Å². The monoisotopic (exact) mass is 283 g/mol. The molecule has 2 nitrogen and oxygen atoms in total. The van der Waals surface area contributed by atoms with Gasteiger partial charge < -0.3 is 0 Å². The van der Waals surface area contributed by atoms with Crippen LogP contribution in [0.2, 0.25) is 10.0 Å². The molecule has 0 aliphatic carbocycles. The molecule has 0 saturated carbocycles. The summed E-state index contributed by atoms with van der Waals surface area (Å²) in [6, 6.07) is 6.20. The summed E-state index contributed by atoms with van der Waals surface area (Å²) in [5.41, 5.74) is 0.824. The normalized spacial score (nSPS) is 10.4. The molecular formula is C13H8Cl2FNO. The summed E-state index contributed by atoms with van der Waals surface area (Å²) in [7, 11) is 0. The third-order valence-corrected chi connectivity index (χ3v) is 3.27. The molecule has 0 N–H and O–H groups in total. The number of rotatable bonds is 3. The zero-order chi connectivity index (χ0) is 13.1. The van der Waals surface area contributed by atoms with Crippen LogP contribution in [0, 0.1) is 5.82 Å². The summed E-state index contributed by atoms with van der Waals surface area (Å²) < 4.78 is 12.9. The van der Waals surface area contributed by atoms with Gasteiger partial charge in [-0.2, -0.15) is 0 Å². The van der Waals surface area contributed by atoms with Crippen molar-refractivity contribution in [3.8, 4) is 0 Å². The van der Waals surface area contributed by atoms with E-state index in [2.05, 4.69) is 4.98 Å². The summed E-state index contributed by atoms with van der Waals surface area (Å²) in [5.74, 6) is -0.802. The Hall–Kier alpha value is -1.45. The van der Waals surface area contributed by atoms with Crippen LogP contribution in [0.5, 0.6) is 0 Å². The van der Waals surface area contributed by atoms with Gasteiger partial charge in [0.25, 0.3) is 0 Å². The molecule has 1 aromatic heterocycles. The maximum Gasteiger partial charge on any atom is 0.168 e. The Morgan fingerprint density at radius 3 is 2.78 bits per heavy atom. The Balaban J connectivity index is 2.24. The predicted octanol–water partition coefficient (Wildman–Crippen LogP) is 3.95. The fourth-order valence-electron chi connectivity index (χ4n) is 1.52. The maximum absolute atomic E-state index is 12.9. The van der Waals surface area contributed by atoms with Gasteiger partial charge in [0.05, 0.1) is 16.2 Å². The van der Waals surface area contributed by atoms with Crippen LogP contribution in [0.4, 0.5) is 4.39 Å². The molecule has 5 heteroatoms. The molecule has 2 aromatic rings. The van der Waals surface area contributed by atoms with Crippen molar-refractivity contribution in [3.63, 3.8) is 0 Å². The van der Waals surface area contributed by atoms with E-state index in [4.69, 9.17) is 23.2 Å². The van der Waals surface area contributed by atoms with Gasteiger partial charge in [-0.1, -0.05) is 35.3 Å². The largest absolute Gasteiger partial charge is 0.294 e. The number of hydrogen-bond acceptors (Lipinski definition) is 2. The maximum atomic E-state index is 12.9. The van der Waals surface area contributed by atoms with Gasteiger partial charge in [-0.15, -0.1) is 0 Å². The molecular weight excluding hydrogens is 276 g/mol. The number of ketones is 1. The van der Waals surface area contributed by atoms with Crippen molar-refractivity contribution in [1.82, 2.24) is 4.98 Å². The van der Waals surface area contributed by atoms with E-state index in [0.29, 0.717) is 15.6 Å². The second-order valence-electron chi connectivity index (χ2n) is 3.70. The van der Waals surface area contributed by atoms with Gasteiger partial charge in [-0.3, -0.25) is 9.78 Å². The summed E-state index contributed by atoms with van der Waals surface area (Å²) >= 11 is 11.8. The quantitative estimate of drug-likeness (QED) is 0.799. The number of hydrogen-bond donors (Lipinski definition) is 0. The van der Waals surface area contributed by atoms with Crippen molar-refractivity contribution in [2.24, 2.45) is 0 Å². The van der Waals surface area contributed by atoms with Crippen LogP contribution in [-0.2, 0) is 6.42 Å². The van der Waals surface area contributed by atoms with E-state index in [9.17, 15) is 9.18 Å². The number of pyridine rings is 1. The van der Waals surface area contributed by atoms with E-state index < -0.39 is 5.82 Å².